The molecular weight excluding hydrogens is 509 g/mol. The van der Waals surface area contributed by atoms with Gasteiger partial charge in [0.25, 0.3) is 0 Å². The molecule has 3 unspecified atom stereocenters. The van der Waals surface area contributed by atoms with Crippen LogP contribution in [-0.2, 0) is 22.2 Å². The van der Waals surface area contributed by atoms with E-state index in [2.05, 4.69) is 0 Å². The molecule has 2 aromatic carbocycles. The molecule has 0 fully saturated rings. The first-order valence-electron chi connectivity index (χ1n) is 13.1. The fraction of sp³-hybridized carbons (Fsp3) is 0.387. The molecule has 0 amide bonds. The number of Topliss-reactive ketones (excluding diaryl/α,β-unsaturated/α-hetero) is 3. The first kappa shape index (κ1) is 26.9. The van der Waals surface area contributed by atoms with Crippen LogP contribution in [0.3, 0.4) is 0 Å². The molecule has 0 spiro atoms. The van der Waals surface area contributed by atoms with Gasteiger partial charge >= 0.3 is 6.18 Å². The summed E-state index contributed by atoms with van der Waals surface area (Å²) in [6, 6.07) is 8.35. The first-order valence-corrected chi connectivity index (χ1v) is 13.1. The molecule has 0 bridgehead atoms. The number of hydrogen-bond donors (Lipinski definition) is 1. The summed E-state index contributed by atoms with van der Waals surface area (Å²) < 4.78 is 45.4. The van der Waals surface area contributed by atoms with Crippen LogP contribution in [-0.4, -0.2) is 29.1 Å². The van der Waals surface area contributed by atoms with Gasteiger partial charge in [0.2, 0.25) is 0 Å². The zero-order chi connectivity index (χ0) is 28.2. The fourth-order valence-electron chi connectivity index (χ4n) is 6.56. The molecule has 3 aliphatic carbocycles. The van der Waals surface area contributed by atoms with E-state index >= 15 is 0 Å². The number of benzene rings is 2. The van der Waals surface area contributed by atoms with Gasteiger partial charge in [0.1, 0.15) is 11.5 Å². The maximum absolute atomic E-state index is 14.1. The van der Waals surface area contributed by atoms with Crippen molar-refractivity contribution in [1.82, 2.24) is 0 Å². The van der Waals surface area contributed by atoms with E-state index in [0.717, 1.165) is 18.6 Å². The van der Waals surface area contributed by atoms with E-state index in [0.29, 0.717) is 58.6 Å². The van der Waals surface area contributed by atoms with Crippen LogP contribution in [0.5, 0.6) is 5.75 Å². The van der Waals surface area contributed by atoms with Crippen molar-refractivity contribution >= 4 is 17.3 Å². The van der Waals surface area contributed by atoms with Gasteiger partial charge in [0.15, 0.2) is 17.3 Å². The van der Waals surface area contributed by atoms with Gasteiger partial charge in [-0.25, -0.2) is 0 Å². The average molecular weight is 539 g/mol. The number of hydrogen-bond acceptors (Lipinski definition) is 5. The second-order valence-corrected chi connectivity index (χ2v) is 10.6. The molecule has 39 heavy (non-hydrogen) atoms. The fourth-order valence-corrected chi connectivity index (χ4v) is 6.56. The van der Waals surface area contributed by atoms with Gasteiger partial charge in [-0.3, -0.25) is 14.4 Å². The van der Waals surface area contributed by atoms with E-state index in [1.807, 2.05) is 6.92 Å². The van der Waals surface area contributed by atoms with Gasteiger partial charge in [0, 0.05) is 17.9 Å². The summed E-state index contributed by atoms with van der Waals surface area (Å²) in [5.41, 5.74) is 2.52. The maximum atomic E-state index is 14.1. The van der Waals surface area contributed by atoms with Crippen molar-refractivity contribution in [3.63, 3.8) is 0 Å². The molecule has 5 rings (SSSR count). The van der Waals surface area contributed by atoms with Crippen LogP contribution < -0.4 is 4.74 Å². The van der Waals surface area contributed by atoms with Crippen molar-refractivity contribution in [3.05, 3.63) is 75.6 Å². The number of halogens is 3. The van der Waals surface area contributed by atoms with Gasteiger partial charge < -0.3 is 9.84 Å². The topological polar surface area (TPSA) is 80.7 Å². The molecule has 5 nitrogen and oxygen atoms in total. The Hall–Kier alpha value is -3.68. The Balaban J connectivity index is 1.64. The molecule has 8 heteroatoms. The molecule has 0 aromatic heterocycles. The summed E-state index contributed by atoms with van der Waals surface area (Å²) in [5, 5.41) is 10.5. The molecule has 0 saturated carbocycles. The van der Waals surface area contributed by atoms with Gasteiger partial charge in [-0.1, -0.05) is 30.7 Å². The summed E-state index contributed by atoms with van der Waals surface area (Å²) in [6.45, 7) is 5.33. The number of allylic oxidation sites excluding steroid dienone is 4. The first-order chi connectivity index (χ1) is 18.4. The lowest BCUT2D eigenvalue weighted by Crippen LogP contribution is -2.42. The number of carbonyl (C=O) groups is 3. The Labute approximate surface area is 224 Å². The van der Waals surface area contributed by atoms with Crippen molar-refractivity contribution in [3.8, 4) is 16.9 Å². The Morgan fingerprint density at radius 3 is 2.38 bits per heavy atom. The molecule has 0 heterocycles. The highest BCUT2D eigenvalue weighted by molar-refractivity contribution is 6.22. The molecule has 0 radical (unpaired) electrons. The lowest BCUT2D eigenvalue weighted by atomic mass is 9.60. The highest BCUT2D eigenvalue weighted by Gasteiger charge is 2.48. The monoisotopic (exact) mass is 538 g/mol. The van der Waals surface area contributed by atoms with Crippen LogP contribution >= 0.6 is 0 Å². The summed E-state index contributed by atoms with van der Waals surface area (Å²) in [6.07, 6.45) is -2.65. The predicted octanol–water partition coefficient (Wildman–Crippen LogP) is 6.84. The Morgan fingerprint density at radius 1 is 1.08 bits per heavy atom. The normalized spacial score (nSPS) is 22.9. The number of alkyl halides is 3. The summed E-state index contributed by atoms with van der Waals surface area (Å²) >= 11 is 0. The Bertz CT molecular complexity index is 1450. The highest BCUT2D eigenvalue weighted by Crippen LogP contribution is 2.51. The Morgan fingerprint density at radius 2 is 1.77 bits per heavy atom. The van der Waals surface area contributed by atoms with E-state index in [4.69, 9.17) is 4.74 Å². The third-order valence-corrected chi connectivity index (χ3v) is 8.17. The predicted molar refractivity (Wildman–Crippen MR) is 138 cm³/mol. The summed E-state index contributed by atoms with van der Waals surface area (Å²) in [7, 11) is 0. The van der Waals surface area contributed by atoms with Gasteiger partial charge in [0.05, 0.1) is 23.3 Å². The minimum absolute atomic E-state index is 0.179. The largest absolute Gasteiger partial charge is 0.511 e. The third kappa shape index (κ3) is 4.49. The highest BCUT2D eigenvalue weighted by atomic mass is 19.4. The number of aliphatic hydroxyl groups is 1. The van der Waals surface area contributed by atoms with Gasteiger partial charge in [-0.15, -0.1) is 0 Å². The standard InChI is InChI=1S/C31H29F3O5/c1-4-11-39-24-10-9-21(17-5-7-20(8-6-17)31(32,33)34)22-13-18-12-19-14-23(36)27(16(3)35)29(37)26(19)15(2)25(18)30(38)28(22)24/h5-10,18-19,26,36H,4,11-14H2,1-3H3. The van der Waals surface area contributed by atoms with Crippen molar-refractivity contribution in [1.29, 1.82) is 0 Å². The maximum Gasteiger partial charge on any atom is 0.416 e. The van der Waals surface area contributed by atoms with Gasteiger partial charge in [-0.2, -0.15) is 13.2 Å². The van der Waals surface area contributed by atoms with Crippen molar-refractivity contribution in [2.45, 2.75) is 52.6 Å². The van der Waals surface area contributed by atoms with E-state index < -0.39 is 29.2 Å². The number of rotatable bonds is 5. The molecule has 0 aliphatic heterocycles. The number of ether oxygens (including phenoxy) is 1. The minimum atomic E-state index is -4.46. The second-order valence-electron chi connectivity index (χ2n) is 10.6. The Kier molecular flexibility index (Phi) is 6.77. The molecule has 0 saturated heterocycles. The molecule has 204 valence electrons. The van der Waals surface area contributed by atoms with Crippen LogP contribution in [0.4, 0.5) is 13.2 Å². The van der Waals surface area contributed by atoms with Crippen LogP contribution in [0.25, 0.3) is 11.1 Å². The van der Waals surface area contributed by atoms with Crippen LogP contribution in [0, 0.1) is 17.8 Å². The lowest BCUT2D eigenvalue weighted by Gasteiger charge is -2.42. The van der Waals surface area contributed by atoms with Crippen LogP contribution in [0.1, 0.15) is 61.5 Å². The van der Waals surface area contributed by atoms with E-state index in [1.165, 1.54) is 19.1 Å². The van der Waals surface area contributed by atoms with Crippen LogP contribution in [0.15, 0.2) is 58.9 Å². The number of carbonyl (C=O) groups excluding carboxylic acids is 3. The molecule has 3 aliphatic rings. The van der Waals surface area contributed by atoms with E-state index in [-0.39, 0.29) is 35.4 Å². The van der Waals surface area contributed by atoms with E-state index in [1.54, 1.807) is 19.1 Å². The number of aliphatic hydroxyl groups excluding tert-OH is 1. The number of fused-ring (bicyclic) bond motifs is 3. The molecule has 3 atom stereocenters. The van der Waals surface area contributed by atoms with E-state index in [9.17, 15) is 32.7 Å². The quantitative estimate of drug-likeness (QED) is 0.422. The summed E-state index contributed by atoms with van der Waals surface area (Å²) in [5.74, 6) is -2.13. The molecule has 1 N–H and O–H groups in total. The number of ketones is 3. The second kappa shape index (κ2) is 9.81. The van der Waals surface area contributed by atoms with Crippen molar-refractivity contribution in [2.24, 2.45) is 17.8 Å². The van der Waals surface area contributed by atoms with Crippen molar-refractivity contribution in [2.75, 3.05) is 6.61 Å². The zero-order valence-electron chi connectivity index (χ0n) is 21.9. The van der Waals surface area contributed by atoms with Gasteiger partial charge in [-0.05, 0) is 79.8 Å². The minimum Gasteiger partial charge on any atom is -0.511 e. The smallest absolute Gasteiger partial charge is 0.416 e. The third-order valence-electron chi connectivity index (χ3n) is 8.17. The average Bonchev–Trinajstić information content (AvgIpc) is 2.86. The molecule has 2 aromatic rings. The zero-order valence-corrected chi connectivity index (χ0v) is 21.9. The van der Waals surface area contributed by atoms with Crippen LogP contribution in [0.2, 0.25) is 0 Å². The van der Waals surface area contributed by atoms with Crippen molar-refractivity contribution < 1.29 is 37.4 Å². The SMILES string of the molecule is CCCOc1ccc(-c2ccc(C(F)(F)F)cc2)c2c1C(=O)C1=C(C)C3C(=O)C(C(C)=O)=C(O)CC3CC1C2. The lowest BCUT2D eigenvalue weighted by molar-refractivity contribution is -0.137. The summed E-state index contributed by atoms with van der Waals surface area (Å²) in [4.78, 5) is 39.6. The molecular formula is C31H29F3O5.